The standard InChI is InChI=1S/C14H18ClNO/c1-2-14(9-5-6-10-15)11-7-3-4-8-12(11)16-13(14)17/h3-4,7-8H,2,5-6,9-10H2,1H3,(H,16,17)/t14-/m1/s1. The lowest BCUT2D eigenvalue weighted by atomic mass is 9.75. The van der Waals surface area contributed by atoms with Gasteiger partial charge in [0.25, 0.3) is 0 Å². The average Bonchev–Trinajstić information content (AvgIpc) is 2.63. The normalized spacial score (nSPS) is 22.4. The number of benzene rings is 1. The van der Waals surface area contributed by atoms with E-state index in [0.717, 1.165) is 36.9 Å². The minimum Gasteiger partial charge on any atom is -0.325 e. The van der Waals surface area contributed by atoms with Crippen LogP contribution in [0.5, 0.6) is 0 Å². The lowest BCUT2D eigenvalue weighted by Gasteiger charge is -2.25. The van der Waals surface area contributed by atoms with Crippen molar-refractivity contribution in [2.45, 2.75) is 38.0 Å². The fourth-order valence-corrected chi connectivity index (χ4v) is 2.86. The summed E-state index contributed by atoms with van der Waals surface area (Å²) < 4.78 is 0. The highest BCUT2D eigenvalue weighted by molar-refractivity contribution is 6.17. The van der Waals surface area contributed by atoms with Crippen molar-refractivity contribution >= 4 is 23.2 Å². The molecule has 1 aliphatic heterocycles. The fourth-order valence-electron chi connectivity index (χ4n) is 2.67. The van der Waals surface area contributed by atoms with Crippen LogP contribution in [-0.4, -0.2) is 11.8 Å². The molecule has 0 unspecified atom stereocenters. The van der Waals surface area contributed by atoms with E-state index < -0.39 is 0 Å². The van der Waals surface area contributed by atoms with Crippen LogP contribution in [-0.2, 0) is 10.2 Å². The third-order valence-electron chi connectivity index (χ3n) is 3.72. The second-order valence-electron chi connectivity index (χ2n) is 4.58. The third kappa shape index (κ3) is 2.06. The van der Waals surface area contributed by atoms with E-state index in [1.165, 1.54) is 0 Å². The predicted molar refractivity (Wildman–Crippen MR) is 71.6 cm³/mol. The van der Waals surface area contributed by atoms with Gasteiger partial charge in [-0.1, -0.05) is 31.5 Å². The van der Waals surface area contributed by atoms with Crippen molar-refractivity contribution < 1.29 is 4.79 Å². The topological polar surface area (TPSA) is 29.1 Å². The lowest BCUT2D eigenvalue weighted by molar-refractivity contribution is -0.121. The number of unbranched alkanes of at least 4 members (excludes halogenated alkanes) is 1. The smallest absolute Gasteiger partial charge is 0.235 e. The molecule has 17 heavy (non-hydrogen) atoms. The maximum atomic E-state index is 12.2. The van der Waals surface area contributed by atoms with Crippen LogP contribution < -0.4 is 5.32 Å². The summed E-state index contributed by atoms with van der Waals surface area (Å²) in [5.41, 5.74) is 1.80. The van der Waals surface area contributed by atoms with Gasteiger partial charge in [0.1, 0.15) is 0 Å². The van der Waals surface area contributed by atoms with E-state index >= 15 is 0 Å². The molecule has 0 fully saturated rings. The van der Waals surface area contributed by atoms with E-state index in [4.69, 9.17) is 11.6 Å². The zero-order valence-corrected chi connectivity index (χ0v) is 10.9. The van der Waals surface area contributed by atoms with Crippen LogP contribution in [0.3, 0.4) is 0 Å². The molecule has 0 bridgehead atoms. The molecule has 2 nitrogen and oxygen atoms in total. The first-order valence-electron chi connectivity index (χ1n) is 6.21. The van der Waals surface area contributed by atoms with Crippen molar-refractivity contribution in [1.82, 2.24) is 0 Å². The van der Waals surface area contributed by atoms with Gasteiger partial charge in [0.05, 0.1) is 5.41 Å². The SMILES string of the molecule is CC[C@]1(CCCCCl)C(=O)Nc2ccccc21. The summed E-state index contributed by atoms with van der Waals surface area (Å²) in [6.45, 7) is 2.09. The summed E-state index contributed by atoms with van der Waals surface area (Å²) in [5.74, 6) is 0.819. The molecule has 1 aromatic carbocycles. The molecule has 0 saturated heterocycles. The zero-order chi connectivity index (χ0) is 12.3. The molecule has 2 rings (SSSR count). The Bertz CT molecular complexity index is 418. The highest BCUT2D eigenvalue weighted by Crippen LogP contribution is 2.43. The molecule has 0 saturated carbocycles. The van der Waals surface area contributed by atoms with E-state index in [1.807, 2.05) is 18.2 Å². The Morgan fingerprint density at radius 2 is 2.06 bits per heavy atom. The van der Waals surface area contributed by atoms with Gasteiger partial charge < -0.3 is 5.32 Å². The Hall–Kier alpha value is -1.02. The van der Waals surface area contributed by atoms with Crippen LogP contribution in [0, 0.1) is 0 Å². The number of para-hydroxylation sites is 1. The molecule has 0 aliphatic carbocycles. The molecule has 1 aliphatic rings. The Labute approximate surface area is 107 Å². The third-order valence-corrected chi connectivity index (χ3v) is 3.98. The molecule has 3 heteroatoms. The first-order valence-corrected chi connectivity index (χ1v) is 6.75. The summed E-state index contributed by atoms with van der Waals surface area (Å²) in [7, 11) is 0. The number of carbonyl (C=O) groups is 1. The Kier molecular flexibility index (Phi) is 3.72. The zero-order valence-electron chi connectivity index (χ0n) is 10.1. The van der Waals surface area contributed by atoms with Gasteiger partial charge in [0.2, 0.25) is 5.91 Å². The van der Waals surface area contributed by atoms with Crippen molar-refractivity contribution in [3.05, 3.63) is 29.8 Å². The van der Waals surface area contributed by atoms with Crippen molar-refractivity contribution in [2.75, 3.05) is 11.2 Å². The molecule has 1 amide bonds. The molecule has 1 atom stereocenters. The number of alkyl halides is 1. The summed E-state index contributed by atoms with van der Waals surface area (Å²) >= 11 is 5.71. The van der Waals surface area contributed by atoms with Crippen LogP contribution >= 0.6 is 11.6 Å². The quantitative estimate of drug-likeness (QED) is 0.628. The van der Waals surface area contributed by atoms with Gasteiger partial charge in [-0.3, -0.25) is 4.79 Å². The van der Waals surface area contributed by atoms with Gasteiger partial charge in [-0.15, -0.1) is 11.6 Å². The minimum absolute atomic E-state index is 0.149. The molecular weight excluding hydrogens is 234 g/mol. The highest BCUT2D eigenvalue weighted by Gasteiger charge is 2.44. The summed E-state index contributed by atoms with van der Waals surface area (Å²) in [4.78, 5) is 12.2. The molecule has 92 valence electrons. The van der Waals surface area contributed by atoms with E-state index in [2.05, 4.69) is 18.3 Å². The highest BCUT2D eigenvalue weighted by atomic mass is 35.5. The number of halogens is 1. The summed E-state index contributed by atoms with van der Waals surface area (Å²) in [6.07, 6.45) is 3.70. The summed E-state index contributed by atoms with van der Waals surface area (Å²) in [5, 5.41) is 2.99. The first kappa shape index (κ1) is 12.4. The van der Waals surface area contributed by atoms with Gasteiger partial charge in [0, 0.05) is 11.6 Å². The Balaban J connectivity index is 2.29. The maximum Gasteiger partial charge on any atom is 0.235 e. The number of carbonyl (C=O) groups excluding carboxylic acids is 1. The first-order chi connectivity index (χ1) is 8.24. The van der Waals surface area contributed by atoms with Crippen molar-refractivity contribution in [2.24, 2.45) is 0 Å². The van der Waals surface area contributed by atoms with Gasteiger partial charge in [-0.2, -0.15) is 0 Å². The van der Waals surface area contributed by atoms with Crippen LogP contribution in [0.2, 0.25) is 0 Å². The second-order valence-corrected chi connectivity index (χ2v) is 4.96. The van der Waals surface area contributed by atoms with Crippen LogP contribution in [0.4, 0.5) is 5.69 Å². The average molecular weight is 252 g/mol. The fraction of sp³-hybridized carbons (Fsp3) is 0.500. The summed E-state index contributed by atoms with van der Waals surface area (Å²) in [6, 6.07) is 8.01. The number of hydrogen-bond donors (Lipinski definition) is 1. The van der Waals surface area contributed by atoms with Gasteiger partial charge in [0.15, 0.2) is 0 Å². The predicted octanol–water partition coefficient (Wildman–Crippen LogP) is 3.70. The monoisotopic (exact) mass is 251 g/mol. The molecule has 1 N–H and O–H groups in total. The number of rotatable bonds is 5. The number of nitrogens with one attached hydrogen (secondary N) is 1. The molecule has 1 aromatic rings. The van der Waals surface area contributed by atoms with Crippen LogP contribution in [0.25, 0.3) is 0 Å². The van der Waals surface area contributed by atoms with Gasteiger partial charge in [-0.25, -0.2) is 0 Å². The van der Waals surface area contributed by atoms with E-state index in [-0.39, 0.29) is 11.3 Å². The molecular formula is C14H18ClNO. The minimum atomic E-state index is -0.331. The molecule has 1 heterocycles. The van der Waals surface area contributed by atoms with Crippen molar-refractivity contribution in [3.63, 3.8) is 0 Å². The van der Waals surface area contributed by atoms with Gasteiger partial charge >= 0.3 is 0 Å². The molecule has 0 radical (unpaired) electrons. The van der Waals surface area contributed by atoms with E-state index in [0.29, 0.717) is 5.88 Å². The van der Waals surface area contributed by atoms with Crippen LogP contribution in [0.15, 0.2) is 24.3 Å². The number of hydrogen-bond acceptors (Lipinski definition) is 1. The van der Waals surface area contributed by atoms with Crippen molar-refractivity contribution in [3.8, 4) is 0 Å². The Morgan fingerprint density at radius 3 is 2.76 bits per heavy atom. The maximum absolute atomic E-state index is 12.2. The van der Waals surface area contributed by atoms with Crippen molar-refractivity contribution in [1.29, 1.82) is 0 Å². The number of amides is 1. The number of anilines is 1. The van der Waals surface area contributed by atoms with Crippen LogP contribution in [0.1, 0.15) is 38.2 Å². The number of fused-ring (bicyclic) bond motifs is 1. The molecule has 0 spiro atoms. The Morgan fingerprint density at radius 1 is 1.29 bits per heavy atom. The van der Waals surface area contributed by atoms with E-state index in [1.54, 1.807) is 0 Å². The largest absolute Gasteiger partial charge is 0.325 e. The van der Waals surface area contributed by atoms with E-state index in [9.17, 15) is 4.79 Å². The molecule has 0 aromatic heterocycles. The van der Waals surface area contributed by atoms with Gasteiger partial charge in [-0.05, 0) is 30.9 Å². The second kappa shape index (κ2) is 5.09. The lowest BCUT2D eigenvalue weighted by Crippen LogP contribution is -2.33.